The van der Waals surface area contributed by atoms with Crippen molar-refractivity contribution >= 4 is 81.2 Å². The first-order valence-corrected chi connectivity index (χ1v) is 23.9. The van der Waals surface area contributed by atoms with Crippen LogP contribution in [0.2, 0.25) is 0 Å². The van der Waals surface area contributed by atoms with Crippen LogP contribution >= 0.6 is 0 Å². The number of furan rings is 1. The van der Waals surface area contributed by atoms with Crippen molar-refractivity contribution in [2.75, 3.05) is 9.80 Å². The largest absolute Gasteiger partial charge is 0.494 e. The van der Waals surface area contributed by atoms with Crippen LogP contribution in [0.5, 0.6) is 0 Å². The maximum atomic E-state index is 6.65. The molecule has 1 aromatic heterocycles. The van der Waals surface area contributed by atoms with Gasteiger partial charge in [0.05, 0.1) is 33.8 Å². The summed E-state index contributed by atoms with van der Waals surface area (Å²) < 4.78 is 32.5. The predicted molar refractivity (Wildman–Crippen MR) is 285 cm³/mol. The lowest BCUT2D eigenvalue weighted by atomic mass is 9.79. The fourth-order valence-electron chi connectivity index (χ4n) is 9.47. The zero-order valence-corrected chi connectivity index (χ0v) is 40.6. The van der Waals surface area contributed by atoms with Crippen LogP contribution < -0.4 is 20.7 Å². The molecule has 0 bridgehead atoms. The van der Waals surface area contributed by atoms with Gasteiger partial charge < -0.3 is 32.8 Å². The topological polar surface area (TPSA) is 56.5 Å². The molecule has 8 aromatic carbocycles. The lowest BCUT2D eigenvalue weighted by Crippen LogP contribution is -2.41. The van der Waals surface area contributed by atoms with Gasteiger partial charge in [0.15, 0.2) is 0 Å². The average molecular weight is 907 g/mol. The Morgan fingerprint density at radius 1 is 0.333 bits per heavy atom. The number of hydrogen-bond acceptors (Lipinski definition) is 7. The number of anilines is 6. The number of fused-ring (bicyclic) bond motifs is 3. The first-order valence-electron chi connectivity index (χ1n) is 23.9. The zero-order valence-electron chi connectivity index (χ0n) is 40.6. The van der Waals surface area contributed by atoms with Gasteiger partial charge in [-0.25, -0.2) is 0 Å². The molecule has 0 atom stereocenters. The van der Waals surface area contributed by atoms with Gasteiger partial charge >= 0.3 is 14.2 Å². The molecule has 2 aliphatic rings. The molecule has 2 aliphatic heterocycles. The van der Waals surface area contributed by atoms with Gasteiger partial charge in [-0.05, 0) is 150 Å². The van der Waals surface area contributed by atoms with Crippen LogP contribution in [0.25, 0.3) is 44.2 Å². The Labute approximate surface area is 406 Å². The average Bonchev–Trinajstić information content (AvgIpc) is 3.91. The van der Waals surface area contributed by atoms with E-state index in [1.165, 1.54) is 0 Å². The van der Waals surface area contributed by atoms with E-state index in [9.17, 15) is 0 Å². The first kappa shape index (κ1) is 44.6. The van der Waals surface area contributed by atoms with Gasteiger partial charge in [-0.15, -0.1) is 0 Å². The summed E-state index contributed by atoms with van der Waals surface area (Å²) in [6.07, 6.45) is 0. The second-order valence-electron chi connectivity index (χ2n) is 20.3. The highest BCUT2D eigenvalue weighted by molar-refractivity contribution is 6.62. The van der Waals surface area contributed by atoms with Crippen LogP contribution in [0.15, 0.2) is 199 Å². The number of hydrogen-bond donors (Lipinski definition) is 0. The van der Waals surface area contributed by atoms with E-state index in [4.69, 9.17) is 23.0 Å². The molecule has 0 radical (unpaired) electrons. The van der Waals surface area contributed by atoms with E-state index in [-0.39, 0.29) is 0 Å². The van der Waals surface area contributed by atoms with E-state index in [0.29, 0.717) is 0 Å². The molecule has 2 saturated heterocycles. The van der Waals surface area contributed by atoms with Gasteiger partial charge in [-0.3, -0.25) is 0 Å². The van der Waals surface area contributed by atoms with Gasteiger partial charge in [-0.1, -0.05) is 121 Å². The number of benzene rings is 8. The molecule has 2 fully saturated rings. The van der Waals surface area contributed by atoms with E-state index < -0.39 is 36.6 Å². The zero-order chi connectivity index (χ0) is 47.7. The minimum Gasteiger partial charge on any atom is -0.456 e. The highest BCUT2D eigenvalue weighted by atomic mass is 16.7. The highest BCUT2D eigenvalue weighted by Gasteiger charge is 2.52. The summed E-state index contributed by atoms with van der Waals surface area (Å²) in [4.78, 5) is 4.67. The van der Waals surface area contributed by atoms with Crippen molar-refractivity contribution in [1.82, 2.24) is 0 Å². The van der Waals surface area contributed by atoms with E-state index in [1.54, 1.807) is 0 Å². The van der Waals surface area contributed by atoms with Crippen LogP contribution in [0, 0.1) is 0 Å². The molecule has 9 heteroatoms. The van der Waals surface area contributed by atoms with Crippen molar-refractivity contribution in [3.05, 3.63) is 194 Å². The Bertz CT molecular complexity index is 3060. The van der Waals surface area contributed by atoms with Crippen molar-refractivity contribution in [3.63, 3.8) is 0 Å². The van der Waals surface area contributed by atoms with Crippen molar-refractivity contribution in [1.29, 1.82) is 0 Å². The Hall–Kier alpha value is -6.87. The van der Waals surface area contributed by atoms with Crippen LogP contribution in [0.4, 0.5) is 34.1 Å². The van der Waals surface area contributed by atoms with E-state index in [1.807, 2.05) is 0 Å². The molecule has 69 heavy (non-hydrogen) atoms. The SMILES string of the molecule is CC1(C)OB(c2ccc(N(c3ccc4oc5ccc(N(c6ccc(B7OC(C)(C)C(C)(C)O7)cc6)c6ccccc6-c6ccccc6)cc5c4c3)c3ccccc3-c3ccccc3)cc2)OC1(C)C. The molecule has 9 aromatic rings. The first-order chi connectivity index (χ1) is 33.2. The van der Waals surface area contributed by atoms with Crippen molar-refractivity contribution in [3.8, 4) is 22.3 Å². The van der Waals surface area contributed by atoms with Crippen LogP contribution in [0.1, 0.15) is 55.4 Å². The molecule has 3 heterocycles. The fourth-order valence-corrected chi connectivity index (χ4v) is 9.47. The summed E-state index contributed by atoms with van der Waals surface area (Å²) >= 11 is 0. The Kier molecular flexibility index (Phi) is 11.0. The Morgan fingerprint density at radius 3 is 1.01 bits per heavy atom. The van der Waals surface area contributed by atoms with E-state index >= 15 is 0 Å². The minimum atomic E-state index is -0.468. The van der Waals surface area contributed by atoms with Gasteiger partial charge in [0.1, 0.15) is 11.2 Å². The summed E-state index contributed by atoms with van der Waals surface area (Å²) in [5.41, 5.74) is 12.4. The van der Waals surface area contributed by atoms with Gasteiger partial charge in [0.25, 0.3) is 0 Å². The summed E-state index contributed by atoms with van der Waals surface area (Å²) in [5, 5.41) is 2.01. The molecule has 0 unspecified atom stereocenters. The lowest BCUT2D eigenvalue weighted by molar-refractivity contribution is 0.00578. The van der Waals surface area contributed by atoms with E-state index in [0.717, 1.165) is 89.2 Å². The maximum absolute atomic E-state index is 6.65. The van der Waals surface area contributed by atoms with Gasteiger partial charge in [-0.2, -0.15) is 0 Å². The normalized spacial score (nSPS) is 16.9. The number of para-hydroxylation sites is 2. The van der Waals surface area contributed by atoms with Gasteiger partial charge in [0.2, 0.25) is 0 Å². The molecule has 0 saturated carbocycles. The Morgan fingerprint density at radius 2 is 0.652 bits per heavy atom. The van der Waals surface area contributed by atoms with Crippen LogP contribution in [-0.2, 0) is 18.6 Å². The summed E-state index contributed by atoms with van der Waals surface area (Å²) in [7, 11) is -0.937. The molecule has 11 rings (SSSR count). The quantitative estimate of drug-likeness (QED) is 0.127. The summed E-state index contributed by atoms with van der Waals surface area (Å²) in [6.45, 7) is 16.7. The smallest absolute Gasteiger partial charge is 0.456 e. The minimum absolute atomic E-state index is 0.443. The number of rotatable bonds is 10. The molecular formula is C60H56B2N2O5. The Balaban J connectivity index is 1.04. The van der Waals surface area contributed by atoms with Crippen LogP contribution in [0.3, 0.4) is 0 Å². The van der Waals surface area contributed by atoms with Crippen molar-refractivity contribution in [2.24, 2.45) is 0 Å². The summed E-state index contributed by atoms with van der Waals surface area (Å²) in [6, 6.07) is 68.5. The standard InChI is InChI=1S/C60H56B2N2O5/c1-57(2)58(3,4)67-61(66-57)43-27-31-45(32-28-43)63(53-25-17-15-23-49(53)41-19-11-9-12-20-41)47-35-37-55-51(39-47)52-40-48(36-38-56(52)65-55)64(54-26-18-16-24-50(54)42-21-13-10-14-22-42)46-33-29-44(30-34-46)62-68-59(5,6)60(7,8)69-62/h9-40H,1-8H3. The third kappa shape index (κ3) is 8.03. The molecule has 0 amide bonds. The molecule has 342 valence electrons. The maximum Gasteiger partial charge on any atom is 0.494 e. The second-order valence-corrected chi connectivity index (χ2v) is 20.3. The van der Waals surface area contributed by atoms with Crippen molar-refractivity contribution < 1.29 is 23.0 Å². The molecule has 0 N–H and O–H groups in total. The lowest BCUT2D eigenvalue weighted by Gasteiger charge is -2.32. The molecule has 0 spiro atoms. The number of nitrogens with zero attached hydrogens (tertiary/aromatic N) is 2. The van der Waals surface area contributed by atoms with E-state index in [2.05, 4.69) is 259 Å². The summed E-state index contributed by atoms with van der Waals surface area (Å²) in [5.74, 6) is 0. The fraction of sp³-hybridized carbons (Fsp3) is 0.200. The molecular weight excluding hydrogens is 850 g/mol. The second kappa shape index (κ2) is 17.0. The van der Waals surface area contributed by atoms with Gasteiger partial charge in [0, 0.05) is 44.6 Å². The van der Waals surface area contributed by atoms with Crippen LogP contribution in [-0.4, -0.2) is 36.6 Å². The predicted octanol–water partition coefficient (Wildman–Crippen LogP) is 14.5. The third-order valence-corrected chi connectivity index (χ3v) is 14.8. The highest BCUT2D eigenvalue weighted by Crippen LogP contribution is 2.46. The molecule has 0 aliphatic carbocycles. The molecule has 7 nitrogen and oxygen atoms in total. The van der Waals surface area contributed by atoms with Crippen molar-refractivity contribution in [2.45, 2.75) is 77.8 Å². The third-order valence-electron chi connectivity index (χ3n) is 14.8. The monoisotopic (exact) mass is 906 g/mol.